The number of carbonyl (C=O) groups is 1. The normalized spacial score (nSPS) is 10.8. The first-order chi connectivity index (χ1) is 15.0. The monoisotopic (exact) mass is 503 g/mol. The van der Waals surface area contributed by atoms with Gasteiger partial charge in [0, 0.05) is 28.0 Å². The molecule has 1 N–H and O–H groups in total. The summed E-state index contributed by atoms with van der Waals surface area (Å²) in [5.74, 6) is 0.261. The van der Waals surface area contributed by atoms with E-state index in [1.807, 2.05) is 24.3 Å². The minimum absolute atomic E-state index is 0.169. The van der Waals surface area contributed by atoms with Gasteiger partial charge in [0.15, 0.2) is 18.2 Å². The van der Waals surface area contributed by atoms with Crippen LogP contribution in [0.15, 0.2) is 71.5 Å². The number of amides is 1. The van der Waals surface area contributed by atoms with Crippen LogP contribution in [0.25, 0.3) is 0 Å². The number of carbonyl (C=O) groups excluding carboxylic acids is 1. The second-order valence-corrected chi connectivity index (χ2v) is 7.88. The van der Waals surface area contributed by atoms with Gasteiger partial charge in [-0.3, -0.25) is 9.48 Å². The molecule has 1 amide bonds. The molecule has 7 nitrogen and oxygen atoms in total. The topological polar surface area (TPSA) is 74.0 Å². The lowest BCUT2D eigenvalue weighted by atomic mass is 10.2. The van der Waals surface area contributed by atoms with Crippen LogP contribution in [-0.4, -0.2) is 25.5 Å². The Balaban J connectivity index is 1.34. The van der Waals surface area contributed by atoms with Crippen molar-refractivity contribution in [3.8, 4) is 5.75 Å². The summed E-state index contributed by atoms with van der Waals surface area (Å²) < 4.78 is 22.9. The van der Waals surface area contributed by atoms with E-state index in [1.165, 1.54) is 16.8 Å². The van der Waals surface area contributed by atoms with Crippen LogP contribution in [0.2, 0.25) is 5.02 Å². The van der Waals surface area contributed by atoms with Crippen LogP contribution in [0, 0.1) is 5.82 Å². The molecule has 4 rings (SSSR count). The van der Waals surface area contributed by atoms with Crippen molar-refractivity contribution >= 4 is 39.3 Å². The van der Waals surface area contributed by atoms with Crippen molar-refractivity contribution in [1.29, 1.82) is 0 Å². The molecule has 0 aliphatic rings. The van der Waals surface area contributed by atoms with Crippen LogP contribution in [0.5, 0.6) is 5.75 Å². The van der Waals surface area contributed by atoms with Crippen LogP contribution in [0.4, 0.5) is 10.2 Å². The molecular formula is C21H16BrClFN5O2. The Kier molecular flexibility index (Phi) is 6.34. The summed E-state index contributed by atoms with van der Waals surface area (Å²) in [5, 5.41) is 11.5. The largest absolute Gasteiger partial charge is 0.471 e. The minimum atomic E-state index is -0.399. The molecule has 0 saturated carbocycles. The van der Waals surface area contributed by atoms with Crippen LogP contribution in [0.3, 0.4) is 0 Å². The third-order valence-electron chi connectivity index (χ3n) is 4.28. The second kappa shape index (κ2) is 9.32. The molecular weight excluding hydrogens is 489 g/mol. The number of benzene rings is 2. The number of halogens is 3. The second-order valence-electron chi connectivity index (χ2n) is 6.56. The maximum absolute atomic E-state index is 13.2. The SMILES string of the molecule is O=C(Nc1ccn(Cc2ccc(F)cc2Cl)n1)c1ccn(COc2ccc(Br)cc2)n1. The Morgan fingerprint density at radius 2 is 1.84 bits per heavy atom. The van der Waals surface area contributed by atoms with Gasteiger partial charge >= 0.3 is 0 Å². The molecule has 0 aliphatic heterocycles. The molecule has 0 aliphatic carbocycles. The van der Waals surface area contributed by atoms with Gasteiger partial charge in [-0.05, 0) is 48.0 Å². The molecule has 4 aromatic rings. The third kappa shape index (κ3) is 5.50. The van der Waals surface area contributed by atoms with Crippen LogP contribution < -0.4 is 10.1 Å². The maximum Gasteiger partial charge on any atom is 0.277 e. The number of hydrogen-bond acceptors (Lipinski definition) is 4. The molecule has 158 valence electrons. The van der Waals surface area contributed by atoms with Crippen LogP contribution in [0.1, 0.15) is 16.1 Å². The summed E-state index contributed by atoms with van der Waals surface area (Å²) in [7, 11) is 0. The van der Waals surface area contributed by atoms with Crippen molar-refractivity contribution in [2.24, 2.45) is 0 Å². The molecule has 31 heavy (non-hydrogen) atoms. The summed E-state index contributed by atoms with van der Waals surface area (Å²) >= 11 is 9.42. The first kappa shape index (κ1) is 21.1. The highest BCUT2D eigenvalue weighted by molar-refractivity contribution is 9.10. The van der Waals surface area contributed by atoms with Crippen molar-refractivity contribution in [1.82, 2.24) is 19.6 Å². The van der Waals surface area contributed by atoms with E-state index < -0.39 is 11.7 Å². The number of anilines is 1. The molecule has 10 heteroatoms. The van der Waals surface area contributed by atoms with Gasteiger partial charge in [-0.15, -0.1) is 0 Å². The zero-order chi connectivity index (χ0) is 21.8. The third-order valence-corrected chi connectivity index (χ3v) is 5.16. The fourth-order valence-electron chi connectivity index (χ4n) is 2.75. The Bertz CT molecular complexity index is 1210. The van der Waals surface area contributed by atoms with Gasteiger partial charge in [-0.2, -0.15) is 10.2 Å². The van der Waals surface area contributed by atoms with E-state index in [1.54, 1.807) is 35.3 Å². The number of rotatable bonds is 7. The zero-order valence-corrected chi connectivity index (χ0v) is 18.3. The fraction of sp³-hybridized carbons (Fsp3) is 0.0952. The molecule has 2 aromatic heterocycles. The fourth-order valence-corrected chi connectivity index (χ4v) is 3.24. The van der Waals surface area contributed by atoms with Crippen molar-refractivity contribution in [3.63, 3.8) is 0 Å². The van der Waals surface area contributed by atoms with E-state index in [0.29, 0.717) is 28.7 Å². The van der Waals surface area contributed by atoms with Gasteiger partial charge in [0.05, 0.1) is 6.54 Å². The minimum Gasteiger partial charge on any atom is -0.471 e. The van der Waals surface area contributed by atoms with E-state index >= 15 is 0 Å². The van der Waals surface area contributed by atoms with E-state index in [-0.39, 0.29) is 12.4 Å². The lowest BCUT2D eigenvalue weighted by Crippen LogP contribution is -2.15. The zero-order valence-electron chi connectivity index (χ0n) is 16.0. The molecule has 0 unspecified atom stereocenters. The molecule has 0 spiro atoms. The number of ether oxygens (including phenoxy) is 1. The number of aromatic nitrogens is 4. The predicted octanol–water partition coefficient (Wildman–Crippen LogP) is 4.97. The standard InChI is InChI=1S/C21H16BrClFN5O2/c22-15-2-5-17(6-3-15)31-13-29-9-7-19(26-29)21(30)25-20-8-10-28(27-20)12-14-1-4-16(24)11-18(14)23/h1-11H,12-13H2,(H,25,27,30). The van der Waals surface area contributed by atoms with E-state index in [4.69, 9.17) is 16.3 Å². The molecule has 0 fully saturated rings. The summed E-state index contributed by atoms with van der Waals surface area (Å²) in [6, 6.07) is 14.8. The summed E-state index contributed by atoms with van der Waals surface area (Å²) in [6.07, 6.45) is 3.35. The Morgan fingerprint density at radius 3 is 2.61 bits per heavy atom. The Morgan fingerprint density at radius 1 is 1.06 bits per heavy atom. The number of nitrogens with zero attached hydrogens (tertiary/aromatic N) is 4. The Labute approximate surface area is 190 Å². The van der Waals surface area contributed by atoms with E-state index in [9.17, 15) is 9.18 Å². The number of hydrogen-bond donors (Lipinski definition) is 1. The van der Waals surface area contributed by atoms with Gasteiger partial charge in [0.1, 0.15) is 11.6 Å². The molecule has 0 bridgehead atoms. The molecule has 0 atom stereocenters. The first-order valence-electron chi connectivity index (χ1n) is 9.17. The molecule has 0 saturated heterocycles. The van der Waals surface area contributed by atoms with Crippen molar-refractivity contribution in [2.45, 2.75) is 13.3 Å². The molecule has 2 aromatic carbocycles. The van der Waals surface area contributed by atoms with Gasteiger partial charge in [-0.25, -0.2) is 9.07 Å². The van der Waals surface area contributed by atoms with Crippen LogP contribution in [-0.2, 0) is 13.3 Å². The number of nitrogens with one attached hydrogen (secondary N) is 1. The lowest BCUT2D eigenvalue weighted by molar-refractivity contribution is 0.101. The summed E-state index contributed by atoms with van der Waals surface area (Å²) in [4.78, 5) is 12.5. The highest BCUT2D eigenvalue weighted by Crippen LogP contribution is 2.19. The summed E-state index contributed by atoms with van der Waals surface area (Å²) in [6.45, 7) is 0.513. The van der Waals surface area contributed by atoms with E-state index in [2.05, 4.69) is 31.4 Å². The molecule has 2 heterocycles. The highest BCUT2D eigenvalue weighted by Gasteiger charge is 2.12. The van der Waals surface area contributed by atoms with Crippen molar-refractivity contribution in [2.75, 3.05) is 5.32 Å². The average Bonchev–Trinajstić information content (AvgIpc) is 3.39. The maximum atomic E-state index is 13.2. The summed E-state index contributed by atoms with van der Waals surface area (Å²) in [5.41, 5.74) is 0.948. The highest BCUT2D eigenvalue weighted by atomic mass is 79.9. The van der Waals surface area contributed by atoms with Gasteiger partial charge in [0.2, 0.25) is 0 Å². The van der Waals surface area contributed by atoms with Gasteiger partial charge in [0.25, 0.3) is 5.91 Å². The first-order valence-corrected chi connectivity index (χ1v) is 10.3. The van der Waals surface area contributed by atoms with E-state index in [0.717, 1.165) is 4.47 Å². The smallest absolute Gasteiger partial charge is 0.277 e. The molecule has 0 radical (unpaired) electrons. The Hall–Kier alpha value is -3.17. The lowest BCUT2D eigenvalue weighted by Gasteiger charge is -2.06. The van der Waals surface area contributed by atoms with Crippen molar-refractivity contribution in [3.05, 3.63) is 93.6 Å². The van der Waals surface area contributed by atoms with Gasteiger partial charge < -0.3 is 10.1 Å². The average molecular weight is 505 g/mol. The predicted molar refractivity (Wildman–Crippen MR) is 118 cm³/mol. The van der Waals surface area contributed by atoms with Crippen LogP contribution >= 0.6 is 27.5 Å². The van der Waals surface area contributed by atoms with Crippen molar-refractivity contribution < 1.29 is 13.9 Å². The quantitative estimate of drug-likeness (QED) is 0.386. The van der Waals surface area contributed by atoms with Gasteiger partial charge in [-0.1, -0.05) is 33.6 Å².